The van der Waals surface area contributed by atoms with E-state index in [1.165, 1.54) is 13.8 Å². The highest BCUT2D eigenvalue weighted by Crippen LogP contribution is 1.98. The lowest BCUT2D eigenvalue weighted by Crippen LogP contribution is -2.33. The lowest BCUT2D eigenvalue weighted by atomic mass is 10.00. The minimum absolute atomic E-state index is 0.000000000000000444. The van der Waals surface area contributed by atoms with Gasteiger partial charge >= 0.3 is 0 Å². The lowest BCUT2D eigenvalue weighted by molar-refractivity contribution is -0.128. The molecule has 0 fully saturated rings. The Morgan fingerprint density at radius 2 is 1.80 bits per heavy atom. The van der Waals surface area contributed by atoms with E-state index >= 15 is 0 Å². The molecule has 4 heteroatoms. The monoisotopic (exact) mass is 142 g/mol. The molecule has 1 amide bonds. The molecule has 4 nitrogen and oxygen atoms in total. The van der Waals surface area contributed by atoms with Crippen molar-refractivity contribution in [3.63, 3.8) is 0 Å². The van der Waals surface area contributed by atoms with Crippen LogP contribution < -0.4 is 5.73 Å². The Morgan fingerprint density at radius 3 is 1.80 bits per heavy atom. The van der Waals surface area contributed by atoms with E-state index in [1.54, 1.807) is 0 Å². The minimum Gasteiger partial charge on any atom is -0.369 e. The van der Waals surface area contributed by atoms with Crippen LogP contribution in [0.1, 0.15) is 13.8 Å². The van der Waals surface area contributed by atoms with Crippen molar-refractivity contribution in [2.75, 3.05) is 0 Å². The molecule has 1 unspecified atom stereocenters. The molecule has 0 rings (SSSR count). The van der Waals surface area contributed by atoms with E-state index in [4.69, 9.17) is 11.1 Å². The fraction of sp³-hybridized carbons (Fsp3) is 0.500. The van der Waals surface area contributed by atoms with E-state index in [2.05, 4.69) is 0 Å². The summed E-state index contributed by atoms with van der Waals surface area (Å²) in [4.78, 5) is 21.0. The van der Waals surface area contributed by atoms with Crippen LogP contribution in [-0.2, 0) is 9.59 Å². The second-order valence-electron chi connectivity index (χ2n) is 2.13. The topological polar surface area (TPSA) is 84.0 Å². The Hall–Kier alpha value is -1.19. The molecule has 0 aliphatic heterocycles. The molecule has 3 N–H and O–H groups in total. The molecular formula is C6H10N2O2. The van der Waals surface area contributed by atoms with E-state index in [-0.39, 0.29) is 11.5 Å². The van der Waals surface area contributed by atoms with Gasteiger partial charge in [-0.3, -0.25) is 9.59 Å². The van der Waals surface area contributed by atoms with Crippen LogP contribution in [0.5, 0.6) is 0 Å². The SMILES string of the molecule is CC(=N)C(C(C)=O)C(N)=O. The van der Waals surface area contributed by atoms with Gasteiger partial charge in [0.05, 0.1) is 0 Å². The average Bonchev–Trinajstić information content (AvgIpc) is 1.59. The summed E-state index contributed by atoms with van der Waals surface area (Å²) in [5.41, 5.74) is 4.84. The zero-order valence-electron chi connectivity index (χ0n) is 5.97. The summed E-state index contributed by atoms with van der Waals surface area (Å²) in [6, 6.07) is 0. The number of carbonyl (C=O) groups excluding carboxylic acids is 2. The van der Waals surface area contributed by atoms with Crippen LogP contribution in [0.4, 0.5) is 0 Å². The largest absolute Gasteiger partial charge is 0.369 e. The molecule has 0 heterocycles. The van der Waals surface area contributed by atoms with Crippen LogP contribution in [0.15, 0.2) is 0 Å². The summed E-state index contributed by atoms with van der Waals surface area (Å²) >= 11 is 0. The molecule has 0 saturated carbocycles. The van der Waals surface area contributed by atoms with Crippen molar-refractivity contribution in [3.8, 4) is 0 Å². The number of Topliss-reactive ketones (excluding diaryl/α,β-unsaturated/α-hetero) is 1. The second kappa shape index (κ2) is 3.10. The number of carbonyl (C=O) groups is 2. The minimum atomic E-state index is -1.03. The summed E-state index contributed by atoms with van der Waals surface area (Å²) in [5.74, 6) is -2.15. The van der Waals surface area contributed by atoms with E-state index in [0.29, 0.717) is 0 Å². The third-order valence-electron chi connectivity index (χ3n) is 1.12. The van der Waals surface area contributed by atoms with Gasteiger partial charge in [0, 0.05) is 5.71 Å². The highest BCUT2D eigenvalue weighted by atomic mass is 16.2. The van der Waals surface area contributed by atoms with Crippen molar-refractivity contribution in [1.29, 1.82) is 5.41 Å². The Morgan fingerprint density at radius 1 is 1.40 bits per heavy atom. The van der Waals surface area contributed by atoms with Crippen LogP contribution >= 0.6 is 0 Å². The van der Waals surface area contributed by atoms with Crippen LogP contribution in [0.3, 0.4) is 0 Å². The van der Waals surface area contributed by atoms with Gasteiger partial charge in [-0.25, -0.2) is 0 Å². The molecule has 0 aliphatic carbocycles. The van der Waals surface area contributed by atoms with Gasteiger partial charge in [-0.15, -0.1) is 0 Å². The van der Waals surface area contributed by atoms with Crippen molar-refractivity contribution in [2.45, 2.75) is 13.8 Å². The van der Waals surface area contributed by atoms with E-state index in [1.807, 2.05) is 0 Å². The fourth-order valence-electron chi connectivity index (χ4n) is 0.719. The lowest BCUT2D eigenvalue weighted by Gasteiger charge is -2.05. The highest BCUT2D eigenvalue weighted by molar-refractivity contribution is 6.17. The van der Waals surface area contributed by atoms with Crippen molar-refractivity contribution >= 4 is 17.4 Å². The first-order chi connectivity index (χ1) is 4.46. The van der Waals surface area contributed by atoms with Gasteiger partial charge in [0.2, 0.25) is 5.91 Å². The standard InChI is InChI=1S/C6H10N2O2/c1-3(7)5(4(2)9)6(8)10/h5,7H,1-2H3,(H2,8,10). The van der Waals surface area contributed by atoms with Crippen molar-refractivity contribution in [1.82, 2.24) is 0 Å². The highest BCUT2D eigenvalue weighted by Gasteiger charge is 2.21. The molecular weight excluding hydrogens is 132 g/mol. The number of ketones is 1. The first-order valence-electron chi connectivity index (χ1n) is 2.81. The number of nitrogens with one attached hydrogen (secondary N) is 1. The molecule has 0 radical (unpaired) electrons. The zero-order chi connectivity index (χ0) is 8.31. The number of hydrogen-bond acceptors (Lipinski definition) is 3. The zero-order valence-corrected chi connectivity index (χ0v) is 5.97. The molecule has 0 aliphatic rings. The van der Waals surface area contributed by atoms with Crippen LogP contribution in [0.25, 0.3) is 0 Å². The molecule has 56 valence electrons. The van der Waals surface area contributed by atoms with Gasteiger partial charge in [0.1, 0.15) is 11.7 Å². The second-order valence-corrected chi connectivity index (χ2v) is 2.13. The van der Waals surface area contributed by atoms with Crippen molar-refractivity contribution < 1.29 is 9.59 Å². The van der Waals surface area contributed by atoms with Crippen molar-refractivity contribution in [3.05, 3.63) is 0 Å². The van der Waals surface area contributed by atoms with Gasteiger partial charge in [0.15, 0.2) is 0 Å². The van der Waals surface area contributed by atoms with Gasteiger partial charge in [-0.05, 0) is 13.8 Å². The Kier molecular flexibility index (Phi) is 2.73. The predicted molar refractivity (Wildman–Crippen MR) is 36.8 cm³/mol. The maximum atomic E-state index is 10.6. The third-order valence-corrected chi connectivity index (χ3v) is 1.12. The third kappa shape index (κ3) is 1.97. The number of primary amides is 1. The van der Waals surface area contributed by atoms with Gasteiger partial charge < -0.3 is 11.1 Å². The maximum absolute atomic E-state index is 10.6. The van der Waals surface area contributed by atoms with E-state index in [0.717, 1.165) is 0 Å². The van der Waals surface area contributed by atoms with Gasteiger partial charge in [-0.1, -0.05) is 0 Å². The first-order valence-corrected chi connectivity index (χ1v) is 2.81. The average molecular weight is 142 g/mol. The summed E-state index contributed by atoms with van der Waals surface area (Å²) in [7, 11) is 0. The first kappa shape index (κ1) is 8.81. The predicted octanol–water partition coefficient (Wildman–Crippen LogP) is -0.283. The van der Waals surface area contributed by atoms with Crippen molar-refractivity contribution in [2.24, 2.45) is 11.7 Å². The maximum Gasteiger partial charge on any atom is 0.233 e. The summed E-state index contributed by atoms with van der Waals surface area (Å²) in [5, 5.41) is 6.99. The molecule has 0 aromatic rings. The molecule has 0 aromatic carbocycles. The molecule has 0 spiro atoms. The normalized spacial score (nSPS) is 12.2. The van der Waals surface area contributed by atoms with Crippen LogP contribution in [-0.4, -0.2) is 17.4 Å². The van der Waals surface area contributed by atoms with E-state index < -0.39 is 11.8 Å². The summed E-state index contributed by atoms with van der Waals surface area (Å²) < 4.78 is 0. The van der Waals surface area contributed by atoms with Crippen LogP contribution in [0, 0.1) is 11.3 Å². The fourth-order valence-corrected chi connectivity index (χ4v) is 0.719. The molecule has 0 bridgehead atoms. The number of amides is 1. The van der Waals surface area contributed by atoms with Gasteiger partial charge in [0.25, 0.3) is 0 Å². The molecule has 0 aromatic heterocycles. The summed E-state index contributed by atoms with van der Waals surface area (Å²) in [6.07, 6.45) is 0. The Labute approximate surface area is 58.9 Å². The smallest absolute Gasteiger partial charge is 0.233 e. The molecule has 10 heavy (non-hydrogen) atoms. The number of rotatable bonds is 3. The Bertz CT molecular complexity index is 153. The van der Waals surface area contributed by atoms with E-state index in [9.17, 15) is 9.59 Å². The molecule has 1 atom stereocenters. The van der Waals surface area contributed by atoms with Gasteiger partial charge in [-0.2, -0.15) is 0 Å². The number of nitrogens with two attached hydrogens (primary N) is 1. The Balaban J connectivity index is 4.43. The quantitative estimate of drug-likeness (QED) is 0.419. The summed E-state index contributed by atoms with van der Waals surface area (Å²) in [6.45, 7) is 2.63. The molecule has 0 saturated heterocycles. The van der Waals surface area contributed by atoms with Crippen LogP contribution in [0.2, 0.25) is 0 Å². The number of hydrogen-bond donors (Lipinski definition) is 2.